The van der Waals surface area contributed by atoms with Crippen LogP contribution < -0.4 is 14.8 Å². The topological polar surface area (TPSA) is 47.6 Å². The van der Waals surface area contributed by atoms with Crippen molar-refractivity contribution in [1.82, 2.24) is 5.32 Å². The van der Waals surface area contributed by atoms with Crippen molar-refractivity contribution in [3.05, 3.63) is 57.6 Å². The zero-order valence-corrected chi connectivity index (χ0v) is 16.5. The van der Waals surface area contributed by atoms with E-state index in [1.165, 1.54) is 0 Å². The Balaban J connectivity index is 1.75. The molecule has 2 aromatic rings. The summed E-state index contributed by atoms with van der Waals surface area (Å²) in [4.78, 5) is 12.1. The number of ether oxygens (including phenoxy) is 2. The van der Waals surface area contributed by atoms with Crippen molar-refractivity contribution in [3.8, 4) is 11.5 Å². The van der Waals surface area contributed by atoms with E-state index in [1.807, 2.05) is 30.3 Å². The van der Waals surface area contributed by atoms with Crippen LogP contribution in [0.25, 0.3) is 0 Å². The van der Waals surface area contributed by atoms with Gasteiger partial charge in [0, 0.05) is 13.0 Å². The van der Waals surface area contributed by atoms with E-state index < -0.39 is 0 Å². The lowest BCUT2D eigenvalue weighted by Crippen LogP contribution is -2.25. The molecular weight excluding hydrogens is 373 g/mol. The van der Waals surface area contributed by atoms with Crippen molar-refractivity contribution in [2.24, 2.45) is 0 Å². The molecule has 0 spiro atoms. The summed E-state index contributed by atoms with van der Waals surface area (Å²) < 4.78 is 10.7. The van der Waals surface area contributed by atoms with Gasteiger partial charge in [-0.2, -0.15) is 0 Å². The van der Waals surface area contributed by atoms with Gasteiger partial charge in [0.25, 0.3) is 0 Å². The van der Waals surface area contributed by atoms with Crippen LogP contribution in [0.1, 0.15) is 24.0 Å². The highest BCUT2D eigenvalue weighted by Crippen LogP contribution is 2.31. The van der Waals surface area contributed by atoms with Crippen LogP contribution in [0.4, 0.5) is 0 Å². The second-order valence-electron chi connectivity index (χ2n) is 5.85. The Bertz CT molecular complexity index is 750. The number of nitrogens with one attached hydrogen (secondary N) is 1. The van der Waals surface area contributed by atoms with E-state index in [-0.39, 0.29) is 5.91 Å². The molecule has 0 saturated carbocycles. The highest BCUT2D eigenvalue weighted by Gasteiger charge is 2.11. The second kappa shape index (κ2) is 10.3. The molecule has 0 unspecified atom stereocenters. The van der Waals surface area contributed by atoms with Crippen LogP contribution in [0.3, 0.4) is 0 Å². The molecule has 0 heterocycles. The van der Waals surface area contributed by atoms with Crippen molar-refractivity contribution in [1.29, 1.82) is 0 Å². The number of hydrogen-bond acceptors (Lipinski definition) is 3. The number of carbonyl (C=O) groups is 1. The second-order valence-corrected chi connectivity index (χ2v) is 6.67. The molecule has 0 aliphatic carbocycles. The standard InChI is InChI=1S/C20H23Cl2NO3/c1-25-18-7-3-6-15(20(18)26-2)9-11-19(24)23-12-4-5-14-8-10-16(21)17(22)13-14/h3,6-8,10,13H,4-5,9,11-12H2,1-2H3,(H,23,24). The molecular formula is C20H23Cl2NO3. The van der Waals surface area contributed by atoms with Crippen LogP contribution in [-0.2, 0) is 17.6 Å². The molecule has 2 aromatic carbocycles. The molecule has 6 heteroatoms. The van der Waals surface area contributed by atoms with Gasteiger partial charge in [0.15, 0.2) is 11.5 Å². The summed E-state index contributed by atoms with van der Waals surface area (Å²) in [5.41, 5.74) is 2.06. The number of hydrogen-bond donors (Lipinski definition) is 1. The number of rotatable bonds is 9. The van der Waals surface area contributed by atoms with Crippen molar-refractivity contribution >= 4 is 29.1 Å². The van der Waals surface area contributed by atoms with Crippen LogP contribution in [0.5, 0.6) is 11.5 Å². The third kappa shape index (κ3) is 5.82. The van der Waals surface area contributed by atoms with E-state index in [0.29, 0.717) is 40.9 Å². The molecule has 1 N–H and O–H groups in total. The minimum Gasteiger partial charge on any atom is -0.493 e. The lowest BCUT2D eigenvalue weighted by Gasteiger charge is -2.12. The SMILES string of the molecule is COc1cccc(CCC(=O)NCCCc2ccc(Cl)c(Cl)c2)c1OC. The van der Waals surface area contributed by atoms with Crippen molar-refractivity contribution < 1.29 is 14.3 Å². The average Bonchev–Trinajstić information content (AvgIpc) is 2.65. The predicted molar refractivity (Wildman–Crippen MR) is 106 cm³/mol. The van der Waals surface area contributed by atoms with E-state index >= 15 is 0 Å². The highest BCUT2D eigenvalue weighted by molar-refractivity contribution is 6.42. The first-order chi connectivity index (χ1) is 12.5. The van der Waals surface area contributed by atoms with Crippen molar-refractivity contribution in [3.63, 3.8) is 0 Å². The van der Waals surface area contributed by atoms with Crippen LogP contribution in [0.2, 0.25) is 10.0 Å². The predicted octanol–water partition coefficient (Wildman–Crippen LogP) is 4.69. The van der Waals surface area contributed by atoms with Crippen molar-refractivity contribution in [2.75, 3.05) is 20.8 Å². The summed E-state index contributed by atoms with van der Waals surface area (Å²) in [6.07, 6.45) is 2.67. The summed E-state index contributed by atoms with van der Waals surface area (Å²) in [6, 6.07) is 11.3. The Kier molecular flexibility index (Phi) is 8.07. The quantitative estimate of drug-likeness (QED) is 0.626. The van der Waals surface area contributed by atoms with Gasteiger partial charge in [-0.15, -0.1) is 0 Å². The number of carbonyl (C=O) groups excluding carboxylic acids is 1. The summed E-state index contributed by atoms with van der Waals surface area (Å²) >= 11 is 11.9. The van der Waals surface area contributed by atoms with E-state index in [0.717, 1.165) is 24.0 Å². The first kappa shape index (κ1) is 20.4. The number of aryl methyl sites for hydroxylation is 2. The van der Waals surface area contributed by atoms with E-state index in [9.17, 15) is 4.79 Å². The molecule has 26 heavy (non-hydrogen) atoms. The Morgan fingerprint density at radius 1 is 1.04 bits per heavy atom. The maximum atomic E-state index is 12.1. The van der Waals surface area contributed by atoms with Crippen LogP contribution in [0.15, 0.2) is 36.4 Å². The monoisotopic (exact) mass is 395 g/mol. The molecule has 0 saturated heterocycles. The smallest absolute Gasteiger partial charge is 0.220 e. The minimum absolute atomic E-state index is 0.0176. The number of benzene rings is 2. The Morgan fingerprint density at radius 2 is 1.85 bits per heavy atom. The molecule has 0 atom stereocenters. The minimum atomic E-state index is 0.0176. The fourth-order valence-corrected chi connectivity index (χ4v) is 3.02. The van der Waals surface area contributed by atoms with Gasteiger partial charge in [0.1, 0.15) is 0 Å². The van der Waals surface area contributed by atoms with Gasteiger partial charge in [0.05, 0.1) is 24.3 Å². The third-order valence-electron chi connectivity index (χ3n) is 4.05. The fourth-order valence-electron chi connectivity index (χ4n) is 2.70. The van der Waals surface area contributed by atoms with E-state index in [4.69, 9.17) is 32.7 Å². The average molecular weight is 396 g/mol. The number of halogens is 2. The molecule has 0 bridgehead atoms. The Hall–Kier alpha value is -1.91. The molecule has 0 fully saturated rings. The summed E-state index contributed by atoms with van der Waals surface area (Å²) in [6.45, 7) is 0.619. The van der Waals surface area contributed by atoms with Gasteiger partial charge in [-0.3, -0.25) is 4.79 Å². The molecule has 0 radical (unpaired) electrons. The Labute approximate surface area is 164 Å². The lowest BCUT2D eigenvalue weighted by molar-refractivity contribution is -0.121. The van der Waals surface area contributed by atoms with Crippen LogP contribution in [-0.4, -0.2) is 26.7 Å². The van der Waals surface area contributed by atoms with E-state index in [2.05, 4.69) is 5.32 Å². The number of amides is 1. The van der Waals surface area contributed by atoms with Crippen molar-refractivity contribution in [2.45, 2.75) is 25.7 Å². The van der Waals surface area contributed by atoms with Gasteiger partial charge in [-0.1, -0.05) is 41.4 Å². The molecule has 0 aliphatic heterocycles. The van der Waals surface area contributed by atoms with Gasteiger partial charge in [-0.05, 0) is 48.6 Å². The maximum Gasteiger partial charge on any atom is 0.220 e. The van der Waals surface area contributed by atoms with Crippen LogP contribution >= 0.6 is 23.2 Å². The number of methoxy groups -OCH3 is 2. The van der Waals surface area contributed by atoms with E-state index in [1.54, 1.807) is 20.3 Å². The molecule has 2 rings (SSSR count). The molecule has 140 valence electrons. The molecule has 0 aromatic heterocycles. The number of para-hydroxylation sites is 1. The Morgan fingerprint density at radius 3 is 2.54 bits per heavy atom. The summed E-state index contributed by atoms with van der Waals surface area (Å²) in [5, 5.41) is 4.05. The molecule has 1 amide bonds. The van der Waals surface area contributed by atoms with Gasteiger partial charge in [-0.25, -0.2) is 0 Å². The maximum absolute atomic E-state index is 12.1. The first-order valence-corrected chi connectivity index (χ1v) is 9.21. The zero-order chi connectivity index (χ0) is 18.9. The van der Waals surface area contributed by atoms with Gasteiger partial charge < -0.3 is 14.8 Å². The zero-order valence-electron chi connectivity index (χ0n) is 15.0. The first-order valence-electron chi connectivity index (χ1n) is 8.45. The third-order valence-corrected chi connectivity index (χ3v) is 4.79. The van der Waals surface area contributed by atoms with Gasteiger partial charge in [0.2, 0.25) is 5.91 Å². The van der Waals surface area contributed by atoms with Gasteiger partial charge >= 0.3 is 0 Å². The molecule has 4 nitrogen and oxygen atoms in total. The largest absolute Gasteiger partial charge is 0.493 e. The normalized spacial score (nSPS) is 10.5. The summed E-state index contributed by atoms with van der Waals surface area (Å²) in [7, 11) is 3.20. The molecule has 0 aliphatic rings. The lowest BCUT2D eigenvalue weighted by atomic mass is 10.1. The van der Waals surface area contributed by atoms with Crippen LogP contribution in [0, 0.1) is 0 Å². The fraction of sp³-hybridized carbons (Fsp3) is 0.350. The highest BCUT2D eigenvalue weighted by atomic mass is 35.5. The summed E-state index contributed by atoms with van der Waals surface area (Å²) in [5.74, 6) is 1.37.